The molecule has 0 atom stereocenters. The number of carboxylic acid groups (broad SMARTS) is 1. The lowest BCUT2D eigenvalue weighted by Crippen LogP contribution is -2.16. The Balaban J connectivity index is 2.31. The van der Waals surface area contributed by atoms with E-state index in [0.29, 0.717) is 0 Å². The SMILES string of the molecule is CC(C)(C)c1cccc(C2(CC(=O)O)CC2)c1. The van der Waals surface area contributed by atoms with Crippen LogP contribution in [-0.4, -0.2) is 11.1 Å². The van der Waals surface area contributed by atoms with Crippen LogP contribution in [0.25, 0.3) is 0 Å². The molecule has 1 aliphatic rings. The van der Waals surface area contributed by atoms with Gasteiger partial charge >= 0.3 is 5.97 Å². The van der Waals surface area contributed by atoms with Gasteiger partial charge in [0.1, 0.15) is 0 Å². The fraction of sp³-hybridized carbons (Fsp3) is 0.533. The van der Waals surface area contributed by atoms with Crippen molar-refractivity contribution in [1.82, 2.24) is 0 Å². The molecule has 92 valence electrons. The highest BCUT2D eigenvalue weighted by Gasteiger charge is 2.46. The largest absolute Gasteiger partial charge is 0.481 e. The van der Waals surface area contributed by atoms with Gasteiger partial charge in [-0.2, -0.15) is 0 Å². The number of aliphatic carboxylic acids is 1. The topological polar surface area (TPSA) is 37.3 Å². The summed E-state index contributed by atoms with van der Waals surface area (Å²) in [7, 11) is 0. The van der Waals surface area contributed by atoms with Crippen LogP contribution in [0, 0.1) is 0 Å². The first kappa shape index (κ1) is 12.2. The molecule has 17 heavy (non-hydrogen) atoms. The molecule has 0 bridgehead atoms. The van der Waals surface area contributed by atoms with Crippen LogP contribution in [-0.2, 0) is 15.6 Å². The van der Waals surface area contributed by atoms with E-state index in [1.165, 1.54) is 11.1 Å². The standard InChI is InChI=1S/C15H20O2/c1-14(2,3)11-5-4-6-12(9-11)15(7-8-15)10-13(16)17/h4-6,9H,7-8,10H2,1-3H3,(H,16,17). The number of rotatable bonds is 3. The maximum atomic E-state index is 10.9. The van der Waals surface area contributed by atoms with Crippen LogP contribution in [0.4, 0.5) is 0 Å². The monoisotopic (exact) mass is 232 g/mol. The van der Waals surface area contributed by atoms with Gasteiger partial charge in [0.2, 0.25) is 0 Å². The predicted octanol–water partition coefficient (Wildman–Crippen LogP) is 3.49. The van der Waals surface area contributed by atoms with Crippen molar-refractivity contribution >= 4 is 5.97 Å². The van der Waals surface area contributed by atoms with Crippen LogP contribution in [0.3, 0.4) is 0 Å². The first-order chi connectivity index (χ1) is 7.83. The van der Waals surface area contributed by atoms with E-state index < -0.39 is 5.97 Å². The van der Waals surface area contributed by atoms with Crippen molar-refractivity contribution in [3.8, 4) is 0 Å². The molecule has 1 aliphatic carbocycles. The molecule has 0 unspecified atom stereocenters. The van der Waals surface area contributed by atoms with E-state index in [2.05, 4.69) is 45.0 Å². The number of benzene rings is 1. The summed E-state index contributed by atoms with van der Waals surface area (Å²) in [5, 5.41) is 8.98. The molecule has 1 fully saturated rings. The molecule has 0 heterocycles. The van der Waals surface area contributed by atoms with Crippen LogP contribution in [0.15, 0.2) is 24.3 Å². The highest BCUT2D eigenvalue weighted by Crippen LogP contribution is 2.51. The Morgan fingerprint density at radius 3 is 2.47 bits per heavy atom. The molecule has 0 radical (unpaired) electrons. The minimum Gasteiger partial charge on any atom is -0.481 e. The zero-order valence-corrected chi connectivity index (χ0v) is 10.8. The summed E-state index contributed by atoms with van der Waals surface area (Å²) in [5.74, 6) is -0.691. The zero-order valence-electron chi connectivity index (χ0n) is 10.8. The molecule has 1 aromatic carbocycles. The maximum absolute atomic E-state index is 10.9. The minimum atomic E-state index is -0.691. The second-order valence-electron chi connectivity index (χ2n) is 6.18. The van der Waals surface area contributed by atoms with Crippen LogP contribution in [0.5, 0.6) is 0 Å². The summed E-state index contributed by atoms with van der Waals surface area (Å²) in [6.45, 7) is 6.55. The molecule has 0 spiro atoms. The van der Waals surface area contributed by atoms with Gasteiger partial charge in [-0.25, -0.2) is 0 Å². The molecular weight excluding hydrogens is 212 g/mol. The predicted molar refractivity (Wildman–Crippen MR) is 68.3 cm³/mol. The molecule has 2 rings (SSSR count). The lowest BCUT2D eigenvalue weighted by Gasteiger charge is -2.22. The first-order valence-corrected chi connectivity index (χ1v) is 6.16. The summed E-state index contributed by atoms with van der Waals surface area (Å²) < 4.78 is 0. The molecule has 0 aliphatic heterocycles. The summed E-state index contributed by atoms with van der Waals surface area (Å²) in [6, 6.07) is 8.44. The summed E-state index contributed by atoms with van der Waals surface area (Å²) >= 11 is 0. The lowest BCUT2D eigenvalue weighted by atomic mass is 9.83. The van der Waals surface area contributed by atoms with Gasteiger partial charge in [-0.1, -0.05) is 45.0 Å². The van der Waals surface area contributed by atoms with E-state index in [1.807, 2.05) is 0 Å². The Bertz CT molecular complexity index is 436. The molecule has 0 amide bonds. The van der Waals surface area contributed by atoms with Crippen molar-refractivity contribution in [3.05, 3.63) is 35.4 Å². The van der Waals surface area contributed by atoms with E-state index in [9.17, 15) is 4.79 Å². The highest BCUT2D eigenvalue weighted by molar-refractivity contribution is 5.70. The second kappa shape index (κ2) is 3.86. The minimum absolute atomic E-state index is 0.0763. The lowest BCUT2D eigenvalue weighted by molar-refractivity contribution is -0.137. The van der Waals surface area contributed by atoms with E-state index in [4.69, 9.17) is 5.11 Å². The van der Waals surface area contributed by atoms with Crippen LogP contribution >= 0.6 is 0 Å². The van der Waals surface area contributed by atoms with Crippen molar-refractivity contribution in [3.63, 3.8) is 0 Å². The average Bonchev–Trinajstić information content (AvgIpc) is 2.97. The number of carboxylic acids is 1. The van der Waals surface area contributed by atoms with Crippen LogP contribution in [0.1, 0.15) is 51.2 Å². The fourth-order valence-electron chi connectivity index (χ4n) is 2.32. The molecule has 0 saturated heterocycles. The molecule has 2 nitrogen and oxygen atoms in total. The number of carbonyl (C=O) groups is 1. The Kier molecular flexibility index (Phi) is 2.76. The van der Waals surface area contributed by atoms with E-state index in [0.717, 1.165) is 12.8 Å². The fourth-order valence-corrected chi connectivity index (χ4v) is 2.32. The molecule has 1 aromatic rings. The third kappa shape index (κ3) is 2.51. The molecule has 0 aromatic heterocycles. The van der Waals surface area contributed by atoms with Crippen molar-refractivity contribution in [2.75, 3.05) is 0 Å². The Labute approximate surface area is 103 Å². The van der Waals surface area contributed by atoms with Crippen molar-refractivity contribution in [2.24, 2.45) is 0 Å². The van der Waals surface area contributed by atoms with Gasteiger partial charge in [0.15, 0.2) is 0 Å². The Morgan fingerprint density at radius 2 is 2.00 bits per heavy atom. The summed E-state index contributed by atoms with van der Waals surface area (Å²) in [5.41, 5.74) is 2.53. The van der Waals surface area contributed by atoms with Gasteiger partial charge in [0, 0.05) is 5.41 Å². The smallest absolute Gasteiger partial charge is 0.304 e. The molecule has 1 saturated carbocycles. The van der Waals surface area contributed by atoms with Gasteiger partial charge in [-0.05, 0) is 29.4 Å². The average molecular weight is 232 g/mol. The normalized spacial score (nSPS) is 17.8. The van der Waals surface area contributed by atoms with E-state index in [-0.39, 0.29) is 17.3 Å². The second-order valence-corrected chi connectivity index (χ2v) is 6.18. The van der Waals surface area contributed by atoms with Gasteiger partial charge in [0.25, 0.3) is 0 Å². The van der Waals surface area contributed by atoms with Gasteiger partial charge in [-0.3, -0.25) is 4.79 Å². The summed E-state index contributed by atoms with van der Waals surface area (Å²) in [6.07, 6.45) is 2.28. The first-order valence-electron chi connectivity index (χ1n) is 6.16. The van der Waals surface area contributed by atoms with Gasteiger partial charge in [-0.15, -0.1) is 0 Å². The van der Waals surface area contributed by atoms with Crippen molar-refractivity contribution < 1.29 is 9.90 Å². The van der Waals surface area contributed by atoms with Gasteiger partial charge in [0.05, 0.1) is 6.42 Å². The number of hydrogen-bond acceptors (Lipinski definition) is 1. The van der Waals surface area contributed by atoms with Crippen molar-refractivity contribution in [2.45, 2.75) is 50.9 Å². The summed E-state index contributed by atoms with van der Waals surface area (Å²) in [4.78, 5) is 10.9. The van der Waals surface area contributed by atoms with Crippen LogP contribution < -0.4 is 0 Å². The third-order valence-corrected chi connectivity index (χ3v) is 3.68. The Morgan fingerprint density at radius 1 is 1.35 bits per heavy atom. The molecule has 2 heteroatoms. The van der Waals surface area contributed by atoms with Crippen LogP contribution in [0.2, 0.25) is 0 Å². The Hall–Kier alpha value is -1.31. The molecule has 1 N–H and O–H groups in total. The maximum Gasteiger partial charge on any atom is 0.304 e. The third-order valence-electron chi connectivity index (χ3n) is 3.68. The van der Waals surface area contributed by atoms with E-state index in [1.54, 1.807) is 0 Å². The van der Waals surface area contributed by atoms with Gasteiger partial charge < -0.3 is 5.11 Å². The quantitative estimate of drug-likeness (QED) is 0.866. The van der Waals surface area contributed by atoms with E-state index >= 15 is 0 Å². The highest BCUT2D eigenvalue weighted by atomic mass is 16.4. The number of hydrogen-bond donors (Lipinski definition) is 1. The van der Waals surface area contributed by atoms with Crippen molar-refractivity contribution in [1.29, 1.82) is 0 Å². The zero-order chi connectivity index (χ0) is 12.7. The molecular formula is C15H20O2.